The van der Waals surface area contributed by atoms with Gasteiger partial charge in [-0.2, -0.15) is 0 Å². The first-order valence-corrected chi connectivity index (χ1v) is 29.9. The lowest BCUT2D eigenvalue weighted by molar-refractivity contribution is -0.394. The summed E-state index contributed by atoms with van der Waals surface area (Å²) in [5.74, 6) is 1.42. The number of rotatable bonds is 16. The standard InChI is InChI=1S/C57H92O26/c1-21(20-73-50-42(67)40(65)37(62)32(18-58)79-50)8-11-31-22(2)57(72)34(78-31)17-30-28-10-9-26-16-27(12-14-55(26,6)29(28)13-15-56(30,57)7)77-54-49(83-52-44(69)39(64)36(61)24(4)75-52)46(71)48(33(19-59)80-54)82-53-45(70)41(66)47(25(5)76-53)81-51-43(68)38(63)35(60)23(3)74-51/h9,21,23-25,27-30,32-54,58-72H,8,10-20H2,1-7H3/t21-,23+,24+,25+,27+,28-,29+,30+,32-,33-,34+,35+,36+,37-,38-,39-,40+,41+,42-,43-,44-,45-,46+,47+,48-,49-,50-,51+,52+,53+,54-,55+,56+,57-/m1/s1. The highest BCUT2D eigenvalue weighted by Crippen LogP contribution is 2.70. The molecule has 5 saturated heterocycles. The first-order chi connectivity index (χ1) is 39.2. The summed E-state index contributed by atoms with van der Waals surface area (Å²) < 4.78 is 66.7. The molecule has 0 aromatic rings. The van der Waals surface area contributed by atoms with Crippen molar-refractivity contribution >= 4 is 0 Å². The Morgan fingerprint density at radius 1 is 0.578 bits per heavy atom. The lowest BCUT2D eigenvalue weighted by atomic mass is 9.46. The molecule has 0 amide bonds. The van der Waals surface area contributed by atoms with Crippen molar-refractivity contribution in [3.63, 3.8) is 0 Å². The van der Waals surface area contributed by atoms with Crippen LogP contribution in [0.1, 0.15) is 106 Å². The molecule has 10 aliphatic rings. The Hall–Kier alpha value is -1.72. The second-order valence-corrected chi connectivity index (χ2v) is 26.1. The van der Waals surface area contributed by atoms with Crippen LogP contribution in [0.3, 0.4) is 0 Å². The monoisotopic (exact) mass is 1190 g/mol. The van der Waals surface area contributed by atoms with E-state index in [0.29, 0.717) is 32.1 Å². The maximum absolute atomic E-state index is 12.9. The van der Waals surface area contributed by atoms with Crippen molar-refractivity contribution in [1.82, 2.24) is 0 Å². The zero-order valence-electron chi connectivity index (χ0n) is 48.2. The van der Waals surface area contributed by atoms with E-state index in [1.807, 2.05) is 13.8 Å². The van der Waals surface area contributed by atoms with Crippen LogP contribution in [0.5, 0.6) is 0 Å². The predicted octanol–water partition coefficient (Wildman–Crippen LogP) is -3.06. The van der Waals surface area contributed by atoms with Gasteiger partial charge in [0.05, 0.1) is 50.0 Å². The van der Waals surface area contributed by atoms with Crippen molar-refractivity contribution in [2.75, 3.05) is 19.8 Å². The number of hydrogen-bond donors (Lipinski definition) is 15. The van der Waals surface area contributed by atoms with Gasteiger partial charge in [0.1, 0.15) is 115 Å². The van der Waals surface area contributed by atoms with E-state index in [9.17, 15) is 76.6 Å². The van der Waals surface area contributed by atoms with Crippen LogP contribution >= 0.6 is 0 Å². The minimum absolute atomic E-state index is 0.0389. The Morgan fingerprint density at radius 3 is 1.76 bits per heavy atom. The highest BCUT2D eigenvalue weighted by Gasteiger charge is 2.71. The summed E-state index contributed by atoms with van der Waals surface area (Å²) in [4.78, 5) is 0. The first-order valence-electron chi connectivity index (χ1n) is 29.9. The van der Waals surface area contributed by atoms with E-state index < -0.39 is 190 Å². The SMILES string of the molecule is CC1=C(CC[C@@H](C)CO[C@@H]2O[C@H](CO)[C@@H](O)[C@H](O)[C@H]2O)O[C@H]2C[C@H]3[C@@H]4CC=C5C[C@@H](O[C@@H]6O[C@H](CO)[C@@H](O[C@@H]7O[C@@H](C)[C@H](O[C@@H]8O[C@@H](C)[C@H](O)[C@@H](O)[C@H]8O)[C@@H](O)[C@H]7O)[C@H](O)[C@H]6O[C@@H]6O[C@@H](C)[C@H](O)[C@@H](O)[C@H]6O)CC[C@]5(C)[C@H]4CC[C@]3(C)[C@@]12O. The lowest BCUT2D eigenvalue weighted by Crippen LogP contribution is -2.67. The fourth-order valence-corrected chi connectivity index (χ4v) is 15.9. The van der Waals surface area contributed by atoms with Crippen molar-refractivity contribution in [2.45, 2.75) is 278 Å². The van der Waals surface area contributed by atoms with E-state index in [1.165, 1.54) is 26.3 Å². The predicted molar refractivity (Wildman–Crippen MR) is 280 cm³/mol. The van der Waals surface area contributed by atoms with E-state index in [2.05, 4.69) is 19.9 Å². The van der Waals surface area contributed by atoms with Gasteiger partial charge >= 0.3 is 0 Å². The highest BCUT2D eigenvalue weighted by molar-refractivity contribution is 5.37. The second kappa shape index (κ2) is 24.9. The second-order valence-electron chi connectivity index (χ2n) is 26.1. The smallest absolute Gasteiger partial charge is 0.187 e. The number of aliphatic hydroxyl groups excluding tert-OH is 14. The van der Waals surface area contributed by atoms with Crippen molar-refractivity contribution in [1.29, 1.82) is 0 Å². The number of aliphatic hydroxyl groups is 15. The molecule has 6 aliphatic heterocycles. The Labute approximate surface area is 482 Å². The van der Waals surface area contributed by atoms with Crippen molar-refractivity contribution in [3.05, 3.63) is 23.0 Å². The van der Waals surface area contributed by atoms with E-state index in [1.54, 1.807) is 0 Å². The minimum atomic E-state index is -1.89. The van der Waals surface area contributed by atoms with Gasteiger partial charge in [0, 0.05) is 17.4 Å². The first kappa shape index (κ1) is 64.3. The van der Waals surface area contributed by atoms with Crippen LogP contribution in [0.4, 0.5) is 0 Å². The molecule has 0 radical (unpaired) electrons. The average molecular weight is 1190 g/mol. The molecule has 4 aliphatic carbocycles. The minimum Gasteiger partial charge on any atom is -0.491 e. The topological polar surface area (TPSA) is 405 Å². The van der Waals surface area contributed by atoms with Crippen LogP contribution in [-0.2, 0) is 52.1 Å². The van der Waals surface area contributed by atoms with Gasteiger partial charge in [-0.25, -0.2) is 0 Å². The summed E-state index contributed by atoms with van der Waals surface area (Å²) in [6.45, 7) is 11.7. The maximum Gasteiger partial charge on any atom is 0.187 e. The van der Waals surface area contributed by atoms with Gasteiger partial charge in [-0.05, 0) is 108 Å². The molecule has 83 heavy (non-hydrogen) atoms. The third-order valence-electron chi connectivity index (χ3n) is 21.2. The van der Waals surface area contributed by atoms with Crippen molar-refractivity contribution in [3.8, 4) is 0 Å². The molecule has 0 aromatic heterocycles. The maximum atomic E-state index is 12.9. The quantitative estimate of drug-likeness (QED) is 0.0682. The number of ether oxygens (including phenoxy) is 11. The zero-order valence-corrected chi connectivity index (χ0v) is 48.2. The van der Waals surface area contributed by atoms with Crippen LogP contribution < -0.4 is 0 Å². The van der Waals surface area contributed by atoms with Gasteiger partial charge in [0.2, 0.25) is 0 Å². The normalized spacial score (nSPS) is 54.0. The van der Waals surface area contributed by atoms with E-state index in [4.69, 9.17) is 52.1 Å². The number of hydrogen-bond acceptors (Lipinski definition) is 26. The molecule has 10 rings (SSSR count). The molecule has 0 unspecified atom stereocenters. The Balaban J connectivity index is 0.797. The van der Waals surface area contributed by atoms with Crippen molar-refractivity contribution < 1.29 is 129 Å². The molecule has 3 saturated carbocycles. The molecule has 0 spiro atoms. The van der Waals surface area contributed by atoms with E-state index in [0.717, 1.165) is 37.0 Å². The Morgan fingerprint density at radius 2 is 1.13 bits per heavy atom. The van der Waals surface area contributed by atoms with Crippen LogP contribution in [-0.4, -0.2) is 268 Å². The molecule has 0 bridgehead atoms. The molecule has 0 aromatic carbocycles. The van der Waals surface area contributed by atoms with Gasteiger partial charge in [-0.15, -0.1) is 0 Å². The molecular formula is C57H92O26. The number of fused-ring (bicyclic) bond motifs is 7. The molecule has 34 atom stereocenters. The van der Waals surface area contributed by atoms with Gasteiger partial charge in [-0.1, -0.05) is 32.4 Å². The third-order valence-corrected chi connectivity index (χ3v) is 21.2. The van der Waals surface area contributed by atoms with Gasteiger partial charge < -0.3 is 129 Å². The summed E-state index contributed by atoms with van der Waals surface area (Å²) in [6.07, 6.45) is -30.0. The fraction of sp³-hybridized carbons (Fsp3) is 0.930. The Kier molecular flexibility index (Phi) is 19.3. The van der Waals surface area contributed by atoms with Crippen molar-refractivity contribution in [2.24, 2.45) is 34.5 Å². The largest absolute Gasteiger partial charge is 0.491 e. The summed E-state index contributed by atoms with van der Waals surface area (Å²) in [6, 6.07) is 0. The summed E-state index contributed by atoms with van der Waals surface area (Å²) in [5, 5.41) is 163. The van der Waals surface area contributed by atoms with Gasteiger partial charge in [0.15, 0.2) is 31.5 Å². The van der Waals surface area contributed by atoms with Crippen LogP contribution in [0.25, 0.3) is 0 Å². The summed E-state index contributed by atoms with van der Waals surface area (Å²) in [5.41, 5.74) is 0.177. The molecule has 26 heteroatoms. The molecule has 476 valence electrons. The summed E-state index contributed by atoms with van der Waals surface area (Å²) >= 11 is 0. The molecular weight excluding hydrogens is 1100 g/mol. The molecule has 26 nitrogen and oxygen atoms in total. The molecule has 6 heterocycles. The number of allylic oxidation sites excluding steroid dienone is 2. The van der Waals surface area contributed by atoms with Crippen LogP contribution in [0, 0.1) is 34.5 Å². The Bertz CT molecular complexity index is 2280. The van der Waals surface area contributed by atoms with E-state index >= 15 is 0 Å². The van der Waals surface area contributed by atoms with Crippen LogP contribution in [0.2, 0.25) is 0 Å². The zero-order chi connectivity index (χ0) is 60.1. The van der Waals surface area contributed by atoms with Crippen LogP contribution in [0.15, 0.2) is 23.0 Å². The van der Waals surface area contributed by atoms with Gasteiger partial charge in [0.25, 0.3) is 0 Å². The van der Waals surface area contributed by atoms with E-state index in [-0.39, 0.29) is 35.7 Å². The lowest BCUT2D eigenvalue weighted by Gasteiger charge is -2.59. The summed E-state index contributed by atoms with van der Waals surface area (Å²) in [7, 11) is 0. The third kappa shape index (κ3) is 11.3. The average Bonchev–Trinajstić information content (AvgIpc) is 1.98. The molecule has 8 fully saturated rings. The van der Waals surface area contributed by atoms with Gasteiger partial charge in [-0.3, -0.25) is 0 Å². The molecule has 15 N–H and O–H groups in total. The fourth-order valence-electron chi connectivity index (χ4n) is 15.9. The highest BCUT2D eigenvalue weighted by atomic mass is 16.8.